The molecule has 0 bridgehead atoms. The maximum atomic E-state index is 11.6. The van der Waals surface area contributed by atoms with Crippen molar-refractivity contribution in [3.05, 3.63) is 34.3 Å². The monoisotopic (exact) mass is 268 g/mol. The number of carbonyl (C=O) groups excluding carboxylic acids is 1. The van der Waals surface area contributed by atoms with Crippen LogP contribution in [0.15, 0.2) is 27.4 Å². The number of alkyl halides is 1. The largest absolute Gasteiger partial charge is 0.417 e. The molecule has 1 N–H and O–H groups in total. The van der Waals surface area contributed by atoms with E-state index in [4.69, 9.17) is 16.0 Å². The van der Waals surface area contributed by atoms with E-state index in [0.717, 1.165) is 5.56 Å². The van der Waals surface area contributed by atoms with Crippen molar-refractivity contribution in [2.45, 2.75) is 13.0 Å². The summed E-state index contributed by atoms with van der Waals surface area (Å²) in [5.41, 5.74) is 2.05. The van der Waals surface area contributed by atoms with Crippen LogP contribution >= 0.6 is 11.6 Å². The molecule has 0 atom stereocenters. The molecule has 1 aromatic carbocycles. The van der Waals surface area contributed by atoms with Crippen LogP contribution in [-0.4, -0.2) is 28.7 Å². The van der Waals surface area contributed by atoms with Gasteiger partial charge in [0, 0.05) is 25.9 Å². The maximum Gasteiger partial charge on any atom is 0.417 e. The minimum absolute atomic E-state index is 0.0133. The number of nitrogens with one attached hydrogen (secondary N) is 1. The summed E-state index contributed by atoms with van der Waals surface area (Å²) in [5, 5.41) is 0. The van der Waals surface area contributed by atoms with Crippen LogP contribution in [0.2, 0.25) is 0 Å². The van der Waals surface area contributed by atoms with E-state index in [-0.39, 0.29) is 5.91 Å². The Bertz CT molecular complexity index is 617. The Labute approximate surface area is 108 Å². The van der Waals surface area contributed by atoms with E-state index in [2.05, 4.69) is 4.98 Å². The zero-order valence-electron chi connectivity index (χ0n) is 9.90. The molecule has 0 radical (unpaired) electrons. The molecule has 5 nitrogen and oxygen atoms in total. The van der Waals surface area contributed by atoms with Crippen molar-refractivity contribution in [2.75, 3.05) is 12.9 Å². The molecule has 0 aliphatic heterocycles. The first-order valence-electron chi connectivity index (χ1n) is 5.52. The number of halogens is 1. The van der Waals surface area contributed by atoms with Gasteiger partial charge in [-0.2, -0.15) is 0 Å². The highest BCUT2D eigenvalue weighted by Crippen LogP contribution is 2.14. The molecule has 1 aromatic heterocycles. The highest BCUT2D eigenvalue weighted by molar-refractivity contribution is 6.18. The van der Waals surface area contributed by atoms with Crippen LogP contribution < -0.4 is 5.76 Å². The molecule has 1 amide bonds. The number of aromatic nitrogens is 1. The summed E-state index contributed by atoms with van der Waals surface area (Å²) in [6.45, 7) is 0.459. The second-order valence-corrected chi connectivity index (χ2v) is 4.41. The summed E-state index contributed by atoms with van der Waals surface area (Å²) >= 11 is 5.52. The van der Waals surface area contributed by atoms with Crippen LogP contribution in [0.25, 0.3) is 11.1 Å². The molecular formula is C12H13ClN2O3. The predicted octanol–water partition coefficient (Wildman–Crippen LogP) is 1.71. The number of oxazole rings is 1. The summed E-state index contributed by atoms with van der Waals surface area (Å²) in [7, 11) is 1.71. The predicted molar refractivity (Wildman–Crippen MR) is 68.6 cm³/mol. The molecule has 96 valence electrons. The minimum Gasteiger partial charge on any atom is -0.408 e. The van der Waals surface area contributed by atoms with Crippen molar-refractivity contribution in [2.24, 2.45) is 0 Å². The van der Waals surface area contributed by atoms with Gasteiger partial charge >= 0.3 is 5.76 Å². The van der Waals surface area contributed by atoms with Crippen molar-refractivity contribution in [1.29, 1.82) is 0 Å². The highest BCUT2D eigenvalue weighted by Gasteiger charge is 2.09. The van der Waals surface area contributed by atoms with E-state index in [1.165, 1.54) is 0 Å². The molecule has 0 spiro atoms. The van der Waals surface area contributed by atoms with Gasteiger partial charge in [-0.15, -0.1) is 11.6 Å². The maximum absolute atomic E-state index is 11.6. The molecule has 18 heavy (non-hydrogen) atoms. The first-order chi connectivity index (χ1) is 8.60. The molecule has 0 fully saturated rings. The third kappa shape index (κ3) is 2.73. The van der Waals surface area contributed by atoms with Gasteiger partial charge in [-0.25, -0.2) is 4.79 Å². The third-order valence-electron chi connectivity index (χ3n) is 2.64. The fraction of sp³-hybridized carbons (Fsp3) is 0.333. The molecule has 0 aliphatic carbocycles. The summed E-state index contributed by atoms with van der Waals surface area (Å²) in [4.78, 5) is 26.7. The number of hydrogen-bond acceptors (Lipinski definition) is 3. The molecule has 2 aromatic rings. The average molecular weight is 269 g/mol. The Balaban J connectivity index is 2.16. The summed E-state index contributed by atoms with van der Waals surface area (Å²) < 4.78 is 4.96. The number of nitrogens with zero attached hydrogens (tertiary/aromatic N) is 1. The number of H-pyrrole nitrogens is 1. The van der Waals surface area contributed by atoms with Gasteiger partial charge in [0.05, 0.1) is 5.52 Å². The van der Waals surface area contributed by atoms with E-state index in [1.54, 1.807) is 24.1 Å². The van der Waals surface area contributed by atoms with E-state index in [9.17, 15) is 9.59 Å². The number of fused-ring (bicyclic) bond motifs is 1. The SMILES string of the molecule is CN(Cc1ccc2[nH]c(=O)oc2c1)C(=O)CCCl. The van der Waals surface area contributed by atoms with Gasteiger partial charge in [-0.05, 0) is 17.7 Å². The van der Waals surface area contributed by atoms with Crippen molar-refractivity contribution in [3.63, 3.8) is 0 Å². The highest BCUT2D eigenvalue weighted by atomic mass is 35.5. The zero-order chi connectivity index (χ0) is 13.1. The number of hydrogen-bond donors (Lipinski definition) is 1. The molecule has 6 heteroatoms. The van der Waals surface area contributed by atoms with Gasteiger partial charge in [0.25, 0.3) is 0 Å². The molecular weight excluding hydrogens is 256 g/mol. The summed E-state index contributed by atoms with van der Waals surface area (Å²) in [6, 6.07) is 5.35. The van der Waals surface area contributed by atoms with E-state index in [0.29, 0.717) is 29.9 Å². The smallest absolute Gasteiger partial charge is 0.408 e. The topological polar surface area (TPSA) is 66.3 Å². The Morgan fingerprint density at radius 3 is 3.00 bits per heavy atom. The Morgan fingerprint density at radius 1 is 1.50 bits per heavy atom. The molecule has 0 saturated carbocycles. The summed E-state index contributed by atoms with van der Waals surface area (Å²) in [5.74, 6) is -0.177. The average Bonchev–Trinajstić information content (AvgIpc) is 2.68. The Morgan fingerprint density at radius 2 is 2.28 bits per heavy atom. The first kappa shape index (κ1) is 12.7. The fourth-order valence-electron chi connectivity index (χ4n) is 1.72. The summed E-state index contributed by atoms with van der Waals surface area (Å²) in [6.07, 6.45) is 0.319. The van der Waals surface area contributed by atoms with Gasteiger partial charge in [0.2, 0.25) is 5.91 Å². The van der Waals surface area contributed by atoms with Crippen molar-refractivity contribution < 1.29 is 9.21 Å². The first-order valence-corrected chi connectivity index (χ1v) is 6.05. The van der Waals surface area contributed by atoms with Gasteiger partial charge < -0.3 is 9.32 Å². The van der Waals surface area contributed by atoms with Crippen LogP contribution in [0.1, 0.15) is 12.0 Å². The lowest BCUT2D eigenvalue weighted by atomic mass is 10.2. The quantitative estimate of drug-likeness (QED) is 0.859. The second-order valence-electron chi connectivity index (χ2n) is 4.03. The van der Waals surface area contributed by atoms with Crippen LogP contribution in [-0.2, 0) is 11.3 Å². The van der Waals surface area contributed by atoms with E-state index in [1.807, 2.05) is 6.07 Å². The number of rotatable bonds is 4. The van der Waals surface area contributed by atoms with Crippen LogP contribution in [0.5, 0.6) is 0 Å². The molecule has 0 unspecified atom stereocenters. The lowest BCUT2D eigenvalue weighted by Crippen LogP contribution is -2.26. The number of carbonyl (C=O) groups is 1. The third-order valence-corrected chi connectivity index (χ3v) is 2.83. The molecule has 0 aliphatic rings. The van der Waals surface area contributed by atoms with Crippen LogP contribution in [0.3, 0.4) is 0 Å². The Kier molecular flexibility index (Phi) is 3.72. The number of benzene rings is 1. The van der Waals surface area contributed by atoms with E-state index >= 15 is 0 Å². The minimum atomic E-state index is -0.478. The van der Waals surface area contributed by atoms with Crippen molar-refractivity contribution in [1.82, 2.24) is 9.88 Å². The fourth-order valence-corrected chi connectivity index (χ4v) is 1.88. The Hall–Kier alpha value is -1.75. The van der Waals surface area contributed by atoms with Gasteiger partial charge in [-0.3, -0.25) is 9.78 Å². The normalized spacial score (nSPS) is 10.8. The molecule has 0 saturated heterocycles. The standard InChI is InChI=1S/C12H13ClN2O3/c1-15(11(16)4-5-13)7-8-2-3-9-10(6-8)18-12(17)14-9/h2-3,6H,4-5,7H2,1H3,(H,14,17). The van der Waals surface area contributed by atoms with Crippen molar-refractivity contribution >= 4 is 28.6 Å². The van der Waals surface area contributed by atoms with E-state index < -0.39 is 5.76 Å². The molecule has 1 heterocycles. The van der Waals surface area contributed by atoms with Gasteiger partial charge in [0.1, 0.15) is 0 Å². The van der Waals surface area contributed by atoms with Crippen LogP contribution in [0.4, 0.5) is 0 Å². The van der Waals surface area contributed by atoms with Crippen molar-refractivity contribution in [3.8, 4) is 0 Å². The number of aromatic amines is 1. The van der Waals surface area contributed by atoms with Gasteiger partial charge in [0.15, 0.2) is 5.58 Å². The number of amides is 1. The zero-order valence-corrected chi connectivity index (χ0v) is 10.7. The van der Waals surface area contributed by atoms with Gasteiger partial charge in [-0.1, -0.05) is 6.07 Å². The van der Waals surface area contributed by atoms with Crippen LogP contribution in [0, 0.1) is 0 Å². The molecule has 2 rings (SSSR count). The lowest BCUT2D eigenvalue weighted by molar-refractivity contribution is -0.129. The second kappa shape index (κ2) is 5.27. The lowest BCUT2D eigenvalue weighted by Gasteiger charge is -2.16.